The Morgan fingerprint density at radius 2 is 2.03 bits per heavy atom. The number of benzene rings is 1. The Morgan fingerprint density at radius 1 is 1.22 bits per heavy atom. The van der Waals surface area contributed by atoms with E-state index in [1.807, 2.05) is 30.9 Å². The fourth-order valence-corrected chi connectivity index (χ4v) is 5.77. The normalized spacial score (nSPS) is 21.5. The zero-order valence-electron chi connectivity index (χ0n) is 18.8. The van der Waals surface area contributed by atoms with Crippen LogP contribution in [-0.2, 0) is 7.05 Å². The molecule has 0 radical (unpaired) electrons. The van der Waals surface area contributed by atoms with Gasteiger partial charge in [0.2, 0.25) is 0 Å². The van der Waals surface area contributed by atoms with Gasteiger partial charge >= 0.3 is 0 Å². The van der Waals surface area contributed by atoms with Crippen LogP contribution >= 0.6 is 11.3 Å². The number of likely N-dealkylation sites (tertiary alicyclic amines) is 1. The van der Waals surface area contributed by atoms with Crippen molar-refractivity contribution in [3.63, 3.8) is 0 Å². The van der Waals surface area contributed by atoms with E-state index in [2.05, 4.69) is 34.5 Å². The maximum Gasteiger partial charge on any atom is 0.274 e. The van der Waals surface area contributed by atoms with Crippen molar-refractivity contribution in [2.75, 3.05) is 13.1 Å². The summed E-state index contributed by atoms with van der Waals surface area (Å²) in [5, 5.41) is 8.17. The summed E-state index contributed by atoms with van der Waals surface area (Å²) in [5.74, 6) is 0.792. The Kier molecular flexibility index (Phi) is 5.12. The van der Waals surface area contributed by atoms with Gasteiger partial charge in [0.15, 0.2) is 0 Å². The lowest BCUT2D eigenvalue weighted by Crippen LogP contribution is -2.46. The summed E-state index contributed by atoms with van der Waals surface area (Å²) in [6.45, 7) is 7.04. The molecule has 1 N–H and O–H groups in total. The third-order valence-corrected chi connectivity index (χ3v) is 7.51. The zero-order chi connectivity index (χ0) is 22.6. The van der Waals surface area contributed by atoms with Crippen molar-refractivity contribution in [2.24, 2.45) is 18.9 Å². The van der Waals surface area contributed by atoms with Gasteiger partial charge in [-0.15, -0.1) is 11.3 Å². The highest BCUT2D eigenvalue weighted by Gasteiger charge is 2.54. The maximum atomic E-state index is 13.6. The highest BCUT2D eigenvalue weighted by molar-refractivity contribution is 7.15. The van der Waals surface area contributed by atoms with Crippen LogP contribution in [0.5, 0.6) is 0 Å². The summed E-state index contributed by atoms with van der Waals surface area (Å²) in [6, 6.07) is 9.97. The summed E-state index contributed by atoms with van der Waals surface area (Å²) >= 11 is 1.56. The van der Waals surface area contributed by atoms with E-state index in [0.717, 1.165) is 39.7 Å². The summed E-state index contributed by atoms with van der Waals surface area (Å²) < 4.78 is 1.59. The molecule has 8 heteroatoms. The second kappa shape index (κ2) is 7.85. The Morgan fingerprint density at radius 3 is 2.75 bits per heavy atom. The van der Waals surface area contributed by atoms with E-state index in [-0.39, 0.29) is 17.9 Å². The van der Waals surface area contributed by atoms with Crippen molar-refractivity contribution in [2.45, 2.75) is 33.2 Å². The predicted octanol–water partition coefficient (Wildman–Crippen LogP) is 3.36. The number of nitrogens with zero attached hydrogens (tertiary/aromatic N) is 4. The minimum absolute atomic E-state index is 0.00172. The highest BCUT2D eigenvalue weighted by Crippen LogP contribution is 2.50. The van der Waals surface area contributed by atoms with Crippen LogP contribution in [-0.4, -0.2) is 50.6 Å². The summed E-state index contributed by atoms with van der Waals surface area (Å²) in [4.78, 5) is 33.8. The Balaban J connectivity index is 1.36. The Labute approximate surface area is 191 Å². The first-order valence-corrected chi connectivity index (χ1v) is 11.8. The molecule has 3 atom stereocenters. The molecule has 0 unspecified atom stereocenters. The van der Waals surface area contributed by atoms with Gasteiger partial charge in [0.05, 0.1) is 21.6 Å². The molecule has 1 saturated heterocycles. The van der Waals surface area contributed by atoms with Crippen LogP contribution < -0.4 is 5.32 Å². The van der Waals surface area contributed by atoms with Crippen LogP contribution in [0.15, 0.2) is 30.3 Å². The lowest BCUT2D eigenvalue weighted by molar-refractivity contribution is 0.0690. The van der Waals surface area contributed by atoms with Gasteiger partial charge in [-0.3, -0.25) is 14.3 Å². The number of thiazole rings is 1. The first-order valence-electron chi connectivity index (χ1n) is 11.0. The molecule has 166 valence electrons. The topological polar surface area (TPSA) is 80.1 Å². The van der Waals surface area contributed by atoms with Crippen molar-refractivity contribution < 1.29 is 9.59 Å². The van der Waals surface area contributed by atoms with Crippen molar-refractivity contribution in [3.8, 4) is 10.4 Å². The zero-order valence-corrected chi connectivity index (χ0v) is 19.6. The van der Waals surface area contributed by atoms with Gasteiger partial charge < -0.3 is 10.2 Å². The first kappa shape index (κ1) is 20.9. The molecule has 3 aromatic rings. The van der Waals surface area contributed by atoms with Gasteiger partial charge in [-0.1, -0.05) is 29.8 Å². The van der Waals surface area contributed by atoms with Crippen LogP contribution in [0.25, 0.3) is 10.4 Å². The molecule has 1 aromatic carbocycles. The predicted molar refractivity (Wildman–Crippen MR) is 124 cm³/mol. The fourth-order valence-electron chi connectivity index (χ4n) is 4.87. The molecule has 1 aliphatic heterocycles. The number of amides is 2. The monoisotopic (exact) mass is 449 g/mol. The van der Waals surface area contributed by atoms with E-state index in [0.29, 0.717) is 29.8 Å². The third kappa shape index (κ3) is 3.72. The van der Waals surface area contributed by atoms with Crippen LogP contribution in [0.1, 0.15) is 43.7 Å². The van der Waals surface area contributed by atoms with E-state index >= 15 is 0 Å². The molecule has 2 amide bonds. The molecule has 7 nitrogen and oxygen atoms in total. The Hall–Kier alpha value is -3.00. The fraction of sp³-hybridized carbons (Fsp3) is 0.417. The smallest absolute Gasteiger partial charge is 0.274 e. The molecule has 0 spiro atoms. The minimum Gasteiger partial charge on any atom is -0.349 e. The second-order valence-corrected chi connectivity index (χ2v) is 10.2. The Bertz CT molecular complexity index is 1210. The van der Waals surface area contributed by atoms with Gasteiger partial charge in [-0.25, -0.2) is 4.98 Å². The average Bonchev–Trinajstić information content (AvgIpc) is 3.07. The maximum absolute atomic E-state index is 13.6. The minimum atomic E-state index is -0.158. The lowest BCUT2D eigenvalue weighted by atomic mass is 10.1. The molecule has 5 rings (SSSR count). The van der Waals surface area contributed by atoms with E-state index in [1.165, 1.54) is 0 Å². The van der Waals surface area contributed by atoms with E-state index in [1.54, 1.807) is 29.1 Å². The third-order valence-electron chi connectivity index (χ3n) is 6.49. The highest BCUT2D eigenvalue weighted by atomic mass is 32.1. The van der Waals surface area contributed by atoms with Crippen molar-refractivity contribution >= 4 is 23.2 Å². The van der Waals surface area contributed by atoms with Gasteiger partial charge in [-0.2, -0.15) is 5.10 Å². The molecule has 0 bridgehead atoms. The number of aromatic nitrogens is 3. The van der Waals surface area contributed by atoms with Crippen molar-refractivity contribution in [3.05, 3.63) is 58.0 Å². The number of carbonyl (C=O) groups excluding carboxylic acids is 2. The molecule has 32 heavy (non-hydrogen) atoms. The molecule has 3 heterocycles. The van der Waals surface area contributed by atoms with Crippen LogP contribution in [0.4, 0.5) is 0 Å². The number of aryl methyl sites for hydroxylation is 4. The number of rotatable bonds is 5. The van der Waals surface area contributed by atoms with E-state index < -0.39 is 0 Å². The molecule has 1 aliphatic carbocycles. The standard InChI is InChI=1S/C24H27N5O2S/c1-13-6-5-7-16(8-13)22-21(26-15(3)32-22)24(31)29-12-17-10-18(17)20(29)11-25-23(30)19-9-14(2)27-28(19)4/h5-9,17-18,20H,10-12H2,1-4H3,(H,25,30)/t17-,18-,20+/m0/s1. The summed E-state index contributed by atoms with van der Waals surface area (Å²) in [7, 11) is 1.77. The van der Waals surface area contributed by atoms with Crippen LogP contribution in [0.2, 0.25) is 0 Å². The molecule has 1 saturated carbocycles. The molecular weight excluding hydrogens is 422 g/mol. The number of nitrogens with one attached hydrogen (secondary N) is 1. The number of hydrogen-bond donors (Lipinski definition) is 1. The SMILES string of the molecule is Cc1cccc(-c2sc(C)nc2C(=O)N2C[C@@H]3C[C@@H]3[C@H]2CNC(=O)c2cc(C)nn2C)c1. The number of fused-ring (bicyclic) bond motifs is 1. The quantitative estimate of drug-likeness (QED) is 0.648. The van der Waals surface area contributed by atoms with Gasteiger partial charge in [0, 0.05) is 20.1 Å². The van der Waals surface area contributed by atoms with Crippen molar-refractivity contribution in [1.29, 1.82) is 0 Å². The largest absolute Gasteiger partial charge is 0.349 e. The van der Waals surface area contributed by atoms with Crippen LogP contribution in [0.3, 0.4) is 0 Å². The van der Waals surface area contributed by atoms with Crippen molar-refractivity contribution in [1.82, 2.24) is 25.0 Å². The van der Waals surface area contributed by atoms with Gasteiger partial charge in [0.25, 0.3) is 11.8 Å². The lowest BCUT2D eigenvalue weighted by Gasteiger charge is -2.27. The summed E-state index contributed by atoms with van der Waals surface area (Å²) in [6.07, 6.45) is 1.12. The number of piperidine rings is 1. The van der Waals surface area contributed by atoms with Gasteiger partial charge in [0.1, 0.15) is 11.4 Å². The number of hydrogen-bond acceptors (Lipinski definition) is 5. The van der Waals surface area contributed by atoms with E-state index in [9.17, 15) is 9.59 Å². The molecule has 2 aromatic heterocycles. The molecule has 2 fully saturated rings. The molecule has 2 aliphatic rings. The summed E-state index contributed by atoms with van der Waals surface area (Å²) in [5.41, 5.74) is 4.04. The van der Waals surface area contributed by atoms with E-state index in [4.69, 9.17) is 0 Å². The van der Waals surface area contributed by atoms with Gasteiger partial charge in [-0.05, 0) is 50.7 Å². The average molecular weight is 450 g/mol. The second-order valence-electron chi connectivity index (χ2n) is 8.97. The van der Waals surface area contributed by atoms with Crippen LogP contribution in [0, 0.1) is 32.6 Å². The molecular formula is C24H27N5O2S. The number of carbonyl (C=O) groups is 2. The first-order chi connectivity index (χ1) is 15.3.